The summed E-state index contributed by atoms with van der Waals surface area (Å²) in [5.41, 5.74) is 3.14. The van der Waals surface area contributed by atoms with E-state index in [2.05, 4.69) is 41.1 Å². The molecule has 148 valence electrons. The molecule has 0 saturated carbocycles. The van der Waals surface area contributed by atoms with Gasteiger partial charge in [-0.05, 0) is 49.7 Å². The van der Waals surface area contributed by atoms with Crippen LogP contribution in [0.2, 0.25) is 0 Å². The molecule has 0 bridgehead atoms. The molecule has 2 unspecified atom stereocenters. The minimum atomic E-state index is -0.555. The summed E-state index contributed by atoms with van der Waals surface area (Å²) in [5, 5.41) is 10.8. The molecule has 2 atom stereocenters. The molecule has 0 amide bonds. The Bertz CT molecular complexity index is 847. The van der Waals surface area contributed by atoms with Crippen molar-refractivity contribution >= 4 is 5.69 Å². The van der Waals surface area contributed by atoms with Crippen LogP contribution in [-0.4, -0.2) is 62.0 Å². The van der Waals surface area contributed by atoms with Crippen LogP contribution < -0.4 is 14.4 Å². The highest BCUT2D eigenvalue weighted by molar-refractivity contribution is 5.62. The summed E-state index contributed by atoms with van der Waals surface area (Å²) in [5.74, 6) is 1.48. The van der Waals surface area contributed by atoms with E-state index in [1.54, 1.807) is 0 Å². The fourth-order valence-corrected chi connectivity index (χ4v) is 5.08. The third-order valence-electron chi connectivity index (χ3n) is 6.64. The van der Waals surface area contributed by atoms with E-state index in [0.717, 1.165) is 44.0 Å². The SMILES string of the molecule is CN1CC2(CCN(CC(O)C3COc4ccccc4O3)CC2)c2ccccc21. The molecular formula is C23H28N2O3. The zero-order chi connectivity index (χ0) is 19.1. The van der Waals surface area contributed by atoms with Gasteiger partial charge in [-0.15, -0.1) is 0 Å². The second-order valence-electron chi connectivity index (χ2n) is 8.44. The normalized spacial score (nSPS) is 24.2. The van der Waals surface area contributed by atoms with Crippen molar-refractivity contribution in [2.45, 2.75) is 30.5 Å². The lowest BCUT2D eigenvalue weighted by atomic mass is 9.74. The molecule has 28 heavy (non-hydrogen) atoms. The highest BCUT2D eigenvalue weighted by atomic mass is 16.6. The van der Waals surface area contributed by atoms with Crippen molar-refractivity contribution in [1.82, 2.24) is 4.90 Å². The van der Waals surface area contributed by atoms with Gasteiger partial charge in [0, 0.05) is 31.2 Å². The maximum absolute atomic E-state index is 10.8. The number of hydrogen-bond donors (Lipinski definition) is 1. The van der Waals surface area contributed by atoms with E-state index in [9.17, 15) is 5.11 Å². The molecule has 1 saturated heterocycles. The van der Waals surface area contributed by atoms with E-state index in [4.69, 9.17) is 9.47 Å². The van der Waals surface area contributed by atoms with E-state index < -0.39 is 6.10 Å². The monoisotopic (exact) mass is 380 g/mol. The summed E-state index contributed by atoms with van der Waals surface area (Å²) in [6.07, 6.45) is 1.39. The van der Waals surface area contributed by atoms with E-state index in [1.807, 2.05) is 24.3 Å². The standard InChI is InChI=1S/C23H28N2O3/c1-24-16-23(17-6-2-3-7-18(17)24)10-12-25(13-11-23)14-19(26)22-15-27-20-8-4-5-9-21(20)28-22/h2-9,19,22,26H,10-16H2,1H3. The van der Waals surface area contributed by atoms with Crippen LogP contribution in [0.3, 0.4) is 0 Å². The first kappa shape index (κ1) is 17.8. The van der Waals surface area contributed by atoms with Gasteiger partial charge < -0.3 is 24.4 Å². The maximum Gasteiger partial charge on any atom is 0.161 e. The molecule has 3 aliphatic heterocycles. The number of piperidine rings is 1. The van der Waals surface area contributed by atoms with Crippen molar-refractivity contribution in [3.8, 4) is 11.5 Å². The third kappa shape index (κ3) is 3.03. The Balaban J connectivity index is 1.21. The Morgan fingerprint density at radius 1 is 1.07 bits per heavy atom. The van der Waals surface area contributed by atoms with Crippen molar-refractivity contribution in [2.75, 3.05) is 44.7 Å². The molecule has 5 rings (SSSR count). The summed E-state index contributed by atoms with van der Waals surface area (Å²) in [4.78, 5) is 4.77. The zero-order valence-corrected chi connectivity index (χ0v) is 16.4. The van der Waals surface area contributed by atoms with Gasteiger partial charge in [0.1, 0.15) is 12.7 Å². The van der Waals surface area contributed by atoms with Gasteiger partial charge in [-0.1, -0.05) is 30.3 Å². The van der Waals surface area contributed by atoms with E-state index in [-0.39, 0.29) is 11.5 Å². The maximum atomic E-state index is 10.8. The summed E-state index contributed by atoms with van der Waals surface area (Å²) < 4.78 is 11.7. The molecule has 1 N–H and O–H groups in total. The topological polar surface area (TPSA) is 45.2 Å². The number of nitrogens with zero attached hydrogens (tertiary/aromatic N) is 2. The second kappa shape index (κ2) is 6.98. The minimum absolute atomic E-state index is 0.260. The Labute approximate surface area is 166 Å². The van der Waals surface area contributed by atoms with Crippen LogP contribution in [0.5, 0.6) is 11.5 Å². The number of rotatable bonds is 3. The summed E-state index contributed by atoms with van der Waals surface area (Å²) in [6.45, 7) is 4.13. The van der Waals surface area contributed by atoms with E-state index in [1.165, 1.54) is 11.3 Å². The van der Waals surface area contributed by atoms with Crippen LogP contribution in [0.4, 0.5) is 5.69 Å². The summed E-state index contributed by atoms with van der Waals surface area (Å²) >= 11 is 0. The number of para-hydroxylation sites is 3. The van der Waals surface area contributed by atoms with Crippen LogP contribution in [0, 0.1) is 0 Å². The van der Waals surface area contributed by atoms with Crippen molar-refractivity contribution in [3.63, 3.8) is 0 Å². The Morgan fingerprint density at radius 3 is 2.61 bits per heavy atom. The lowest BCUT2D eigenvalue weighted by Crippen LogP contribution is -2.50. The largest absolute Gasteiger partial charge is 0.486 e. The van der Waals surface area contributed by atoms with Gasteiger partial charge >= 0.3 is 0 Å². The van der Waals surface area contributed by atoms with Gasteiger partial charge in [-0.3, -0.25) is 0 Å². The van der Waals surface area contributed by atoms with E-state index >= 15 is 0 Å². The first-order valence-corrected chi connectivity index (χ1v) is 10.2. The minimum Gasteiger partial charge on any atom is -0.486 e. The molecule has 2 aromatic rings. The predicted octanol–water partition coefficient (Wildman–Crippen LogP) is 2.67. The predicted molar refractivity (Wildman–Crippen MR) is 109 cm³/mol. The van der Waals surface area contributed by atoms with Gasteiger partial charge in [0.05, 0.1) is 0 Å². The molecular weight excluding hydrogens is 352 g/mol. The molecule has 1 fully saturated rings. The fourth-order valence-electron chi connectivity index (χ4n) is 5.08. The number of aliphatic hydroxyl groups is 1. The second-order valence-corrected chi connectivity index (χ2v) is 8.44. The van der Waals surface area contributed by atoms with Crippen molar-refractivity contribution in [1.29, 1.82) is 0 Å². The Hall–Kier alpha value is -2.24. The number of likely N-dealkylation sites (tertiary alicyclic amines) is 1. The molecule has 5 heteroatoms. The van der Waals surface area contributed by atoms with E-state index in [0.29, 0.717) is 13.2 Å². The summed E-state index contributed by atoms with van der Waals surface area (Å²) in [7, 11) is 2.20. The lowest BCUT2D eigenvalue weighted by molar-refractivity contribution is -0.0299. The zero-order valence-electron chi connectivity index (χ0n) is 16.4. The molecule has 2 aromatic carbocycles. The Kier molecular flexibility index (Phi) is 4.44. The molecule has 3 heterocycles. The molecule has 0 aromatic heterocycles. The van der Waals surface area contributed by atoms with Crippen molar-refractivity contribution in [2.24, 2.45) is 0 Å². The number of fused-ring (bicyclic) bond motifs is 3. The number of aliphatic hydroxyl groups excluding tert-OH is 1. The quantitative estimate of drug-likeness (QED) is 0.887. The number of anilines is 1. The smallest absolute Gasteiger partial charge is 0.161 e. The molecule has 5 nitrogen and oxygen atoms in total. The lowest BCUT2D eigenvalue weighted by Gasteiger charge is -2.41. The van der Waals surface area contributed by atoms with Crippen LogP contribution in [0.25, 0.3) is 0 Å². The molecule has 0 aliphatic carbocycles. The number of hydrogen-bond acceptors (Lipinski definition) is 5. The number of β-amino-alcohol motifs (C(OH)–C–C–N with tert-alkyl or cyclic N) is 1. The fraction of sp³-hybridized carbons (Fsp3) is 0.478. The highest BCUT2D eigenvalue weighted by Gasteiger charge is 2.43. The van der Waals surface area contributed by atoms with Crippen molar-refractivity contribution < 1.29 is 14.6 Å². The van der Waals surface area contributed by atoms with Crippen LogP contribution >= 0.6 is 0 Å². The molecule has 0 radical (unpaired) electrons. The van der Waals surface area contributed by atoms with Crippen molar-refractivity contribution in [3.05, 3.63) is 54.1 Å². The molecule has 3 aliphatic rings. The molecule has 1 spiro atoms. The van der Waals surface area contributed by atoms with Crippen LogP contribution in [0.15, 0.2) is 48.5 Å². The first-order valence-electron chi connectivity index (χ1n) is 10.2. The van der Waals surface area contributed by atoms with Gasteiger partial charge in [-0.25, -0.2) is 0 Å². The first-order chi connectivity index (χ1) is 13.6. The van der Waals surface area contributed by atoms with Crippen LogP contribution in [-0.2, 0) is 5.41 Å². The highest BCUT2D eigenvalue weighted by Crippen LogP contribution is 2.46. The third-order valence-corrected chi connectivity index (χ3v) is 6.64. The number of benzene rings is 2. The summed E-state index contributed by atoms with van der Waals surface area (Å²) in [6, 6.07) is 16.5. The average Bonchev–Trinajstić information content (AvgIpc) is 3.01. The average molecular weight is 380 g/mol. The van der Waals surface area contributed by atoms with Crippen LogP contribution in [0.1, 0.15) is 18.4 Å². The number of likely N-dealkylation sites (N-methyl/N-ethyl adjacent to an activating group) is 1. The van der Waals surface area contributed by atoms with Gasteiger partial charge in [0.25, 0.3) is 0 Å². The van der Waals surface area contributed by atoms with Gasteiger partial charge in [-0.2, -0.15) is 0 Å². The van der Waals surface area contributed by atoms with Gasteiger partial charge in [0.2, 0.25) is 0 Å². The number of ether oxygens (including phenoxy) is 2. The van der Waals surface area contributed by atoms with Gasteiger partial charge in [0.15, 0.2) is 17.6 Å². The Morgan fingerprint density at radius 2 is 1.79 bits per heavy atom.